The Morgan fingerprint density at radius 1 is 1.29 bits per heavy atom. The first-order valence-electron chi connectivity index (χ1n) is 7.05. The molecule has 21 heavy (non-hydrogen) atoms. The Labute approximate surface area is 125 Å². The van der Waals surface area contributed by atoms with Gasteiger partial charge in [-0.2, -0.15) is 0 Å². The van der Waals surface area contributed by atoms with Crippen molar-refractivity contribution in [3.05, 3.63) is 24.0 Å². The predicted molar refractivity (Wildman–Crippen MR) is 81.3 cm³/mol. The summed E-state index contributed by atoms with van der Waals surface area (Å²) < 4.78 is 36.6. The third-order valence-corrected chi connectivity index (χ3v) is 5.19. The molecule has 1 aliphatic rings. The van der Waals surface area contributed by atoms with Gasteiger partial charge in [0.2, 0.25) is 10.0 Å². The Morgan fingerprint density at radius 2 is 1.90 bits per heavy atom. The van der Waals surface area contributed by atoms with Crippen molar-refractivity contribution in [1.29, 1.82) is 0 Å². The number of hydrogen-bond donors (Lipinski definition) is 2. The Hall–Kier alpha value is -1.18. The molecule has 0 aromatic heterocycles. The number of sulfonamides is 1. The van der Waals surface area contributed by atoms with Crippen LogP contribution in [0, 0.1) is 5.82 Å². The zero-order valence-electron chi connectivity index (χ0n) is 12.3. The summed E-state index contributed by atoms with van der Waals surface area (Å²) in [6, 6.07) is 4.62. The first kappa shape index (κ1) is 16.2. The summed E-state index contributed by atoms with van der Waals surface area (Å²) in [5.74, 6) is -0.556. The number of nitrogens with zero attached hydrogens (tertiary/aromatic N) is 1. The van der Waals surface area contributed by atoms with Crippen molar-refractivity contribution in [1.82, 2.24) is 5.32 Å². The van der Waals surface area contributed by atoms with E-state index in [0.717, 1.165) is 31.7 Å². The van der Waals surface area contributed by atoms with Crippen LogP contribution in [0.25, 0.3) is 0 Å². The lowest BCUT2D eigenvalue weighted by Crippen LogP contribution is -2.40. The van der Waals surface area contributed by atoms with E-state index in [1.54, 1.807) is 0 Å². The smallest absolute Gasteiger partial charge is 0.238 e. The van der Waals surface area contributed by atoms with E-state index in [1.165, 1.54) is 12.1 Å². The van der Waals surface area contributed by atoms with Crippen LogP contribution in [-0.4, -0.2) is 34.6 Å². The molecular formula is C14H22FN3O2S. The molecule has 118 valence electrons. The number of anilines is 1. The topological polar surface area (TPSA) is 75.4 Å². The summed E-state index contributed by atoms with van der Waals surface area (Å²) in [6.45, 7) is 0. The van der Waals surface area contributed by atoms with Gasteiger partial charge in [0.1, 0.15) is 5.82 Å². The summed E-state index contributed by atoms with van der Waals surface area (Å²) in [4.78, 5) is 1.70. The van der Waals surface area contributed by atoms with Gasteiger partial charge in [-0.25, -0.2) is 17.9 Å². The largest absolute Gasteiger partial charge is 0.369 e. The molecule has 1 aliphatic carbocycles. The maximum absolute atomic E-state index is 14.2. The first-order chi connectivity index (χ1) is 9.82. The standard InChI is InChI=1S/C14H22FN3O2S/c1-17-10-3-5-11(6-4-10)18(2)14-8-7-12(9-13(14)15)21(16,19)20/h7-11,17H,3-6H2,1-2H3,(H2,16,19,20). The maximum atomic E-state index is 14.2. The van der Waals surface area contributed by atoms with E-state index < -0.39 is 15.8 Å². The van der Waals surface area contributed by atoms with Crippen molar-refractivity contribution in [2.45, 2.75) is 42.7 Å². The van der Waals surface area contributed by atoms with E-state index in [0.29, 0.717) is 11.7 Å². The predicted octanol–water partition coefficient (Wildman–Crippen LogP) is 1.44. The molecule has 0 heterocycles. The summed E-state index contributed by atoms with van der Waals surface area (Å²) in [7, 11) is -0.0648. The van der Waals surface area contributed by atoms with Gasteiger partial charge in [0, 0.05) is 19.1 Å². The maximum Gasteiger partial charge on any atom is 0.238 e. The summed E-state index contributed by atoms with van der Waals surface area (Å²) in [5, 5.41) is 8.28. The molecule has 1 saturated carbocycles. The third kappa shape index (κ3) is 3.72. The fourth-order valence-corrected chi connectivity index (χ4v) is 3.42. The normalized spacial score (nSPS) is 23.0. The van der Waals surface area contributed by atoms with Crippen molar-refractivity contribution >= 4 is 15.7 Å². The molecule has 0 bridgehead atoms. The van der Waals surface area contributed by atoms with Gasteiger partial charge in [0.25, 0.3) is 0 Å². The number of halogens is 1. The molecule has 0 aliphatic heterocycles. The first-order valence-corrected chi connectivity index (χ1v) is 8.60. The number of nitrogens with one attached hydrogen (secondary N) is 1. The molecule has 2 rings (SSSR count). The Balaban J connectivity index is 2.15. The van der Waals surface area contributed by atoms with Gasteiger partial charge in [-0.05, 0) is 50.9 Å². The van der Waals surface area contributed by atoms with Crippen molar-refractivity contribution < 1.29 is 12.8 Å². The highest BCUT2D eigenvalue weighted by Gasteiger charge is 2.25. The van der Waals surface area contributed by atoms with Gasteiger partial charge in [0.15, 0.2) is 0 Å². The lowest BCUT2D eigenvalue weighted by molar-refractivity contribution is 0.350. The van der Waals surface area contributed by atoms with Gasteiger partial charge in [-0.15, -0.1) is 0 Å². The molecule has 1 aromatic carbocycles. The number of rotatable bonds is 4. The van der Waals surface area contributed by atoms with Crippen molar-refractivity contribution in [3.63, 3.8) is 0 Å². The molecule has 1 aromatic rings. The monoisotopic (exact) mass is 315 g/mol. The van der Waals surface area contributed by atoms with Crippen LogP contribution in [-0.2, 0) is 10.0 Å². The van der Waals surface area contributed by atoms with Crippen LogP contribution in [0.1, 0.15) is 25.7 Å². The van der Waals surface area contributed by atoms with Crippen LogP contribution < -0.4 is 15.4 Å². The quantitative estimate of drug-likeness (QED) is 0.881. The second-order valence-electron chi connectivity index (χ2n) is 5.56. The Bertz CT molecular complexity index is 598. The number of benzene rings is 1. The molecule has 1 fully saturated rings. The van der Waals surface area contributed by atoms with Crippen LogP contribution in [0.4, 0.5) is 10.1 Å². The number of hydrogen-bond acceptors (Lipinski definition) is 4. The summed E-state index contributed by atoms with van der Waals surface area (Å²) >= 11 is 0. The van der Waals surface area contributed by atoms with E-state index in [1.807, 2.05) is 19.0 Å². The third-order valence-electron chi connectivity index (χ3n) is 4.28. The summed E-state index contributed by atoms with van der Waals surface area (Å²) in [6.07, 6.45) is 4.08. The molecule has 5 nitrogen and oxygen atoms in total. The zero-order chi connectivity index (χ0) is 15.6. The fourth-order valence-electron chi connectivity index (χ4n) is 2.90. The second-order valence-corrected chi connectivity index (χ2v) is 7.12. The van der Waals surface area contributed by atoms with E-state index >= 15 is 0 Å². The highest BCUT2D eigenvalue weighted by molar-refractivity contribution is 7.89. The number of primary sulfonamides is 1. The summed E-state index contributed by atoms with van der Waals surface area (Å²) in [5.41, 5.74) is 0.412. The molecule has 0 unspecified atom stereocenters. The number of nitrogens with two attached hydrogens (primary N) is 1. The molecular weight excluding hydrogens is 293 g/mol. The molecule has 0 radical (unpaired) electrons. The Morgan fingerprint density at radius 3 is 2.38 bits per heavy atom. The van der Waals surface area contributed by atoms with Crippen LogP contribution in [0.15, 0.2) is 23.1 Å². The average Bonchev–Trinajstić information content (AvgIpc) is 2.45. The van der Waals surface area contributed by atoms with Crippen molar-refractivity contribution in [3.8, 4) is 0 Å². The SMILES string of the molecule is CNC1CCC(N(C)c2ccc(S(N)(=O)=O)cc2F)CC1. The molecule has 0 spiro atoms. The van der Waals surface area contributed by atoms with Crippen molar-refractivity contribution in [2.75, 3.05) is 19.0 Å². The van der Waals surface area contributed by atoms with Gasteiger partial charge in [-0.1, -0.05) is 0 Å². The highest BCUT2D eigenvalue weighted by atomic mass is 32.2. The molecule has 3 N–H and O–H groups in total. The minimum atomic E-state index is -3.87. The fraction of sp³-hybridized carbons (Fsp3) is 0.571. The molecule has 0 atom stereocenters. The lowest BCUT2D eigenvalue weighted by Gasteiger charge is -2.36. The Kier molecular flexibility index (Phi) is 4.85. The van der Waals surface area contributed by atoms with Crippen LogP contribution in [0.5, 0.6) is 0 Å². The molecule has 0 amide bonds. The molecule has 0 saturated heterocycles. The van der Waals surface area contributed by atoms with Gasteiger partial charge in [0.05, 0.1) is 10.6 Å². The zero-order valence-corrected chi connectivity index (χ0v) is 13.2. The van der Waals surface area contributed by atoms with E-state index in [2.05, 4.69) is 5.32 Å². The van der Waals surface area contributed by atoms with Crippen molar-refractivity contribution in [2.24, 2.45) is 5.14 Å². The second kappa shape index (κ2) is 6.29. The minimum Gasteiger partial charge on any atom is -0.369 e. The van der Waals surface area contributed by atoms with E-state index in [-0.39, 0.29) is 10.9 Å². The van der Waals surface area contributed by atoms with Gasteiger partial charge >= 0.3 is 0 Å². The lowest BCUT2D eigenvalue weighted by atomic mass is 9.90. The highest BCUT2D eigenvalue weighted by Crippen LogP contribution is 2.29. The molecule has 7 heteroatoms. The van der Waals surface area contributed by atoms with Gasteiger partial charge in [-0.3, -0.25) is 0 Å². The minimum absolute atomic E-state index is 0.198. The van der Waals surface area contributed by atoms with E-state index in [4.69, 9.17) is 5.14 Å². The van der Waals surface area contributed by atoms with Crippen LogP contribution >= 0.6 is 0 Å². The van der Waals surface area contributed by atoms with Gasteiger partial charge < -0.3 is 10.2 Å². The van der Waals surface area contributed by atoms with E-state index in [9.17, 15) is 12.8 Å². The average molecular weight is 315 g/mol. The van der Waals surface area contributed by atoms with Crippen LogP contribution in [0.2, 0.25) is 0 Å². The van der Waals surface area contributed by atoms with Crippen LogP contribution in [0.3, 0.4) is 0 Å².